The Morgan fingerprint density at radius 3 is 2.40 bits per heavy atom. The van der Waals surface area contributed by atoms with Gasteiger partial charge in [0.05, 0.1) is 16.9 Å². The van der Waals surface area contributed by atoms with Crippen LogP contribution in [-0.2, 0) is 11.2 Å². The van der Waals surface area contributed by atoms with Crippen molar-refractivity contribution in [3.8, 4) is 11.5 Å². The molecule has 0 atom stereocenters. The normalized spacial score (nSPS) is 11.0. The Morgan fingerprint density at radius 1 is 1.07 bits per heavy atom. The molecule has 7 nitrogen and oxygen atoms in total. The van der Waals surface area contributed by atoms with E-state index in [-0.39, 0.29) is 34.4 Å². The van der Waals surface area contributed by atoms with Gasteiger partial charge in [0.1, 0.15) is 17.1 Å². The molecule has 1 heterocycles. The summed E-state index contributed by atoms with van der Waals surface area (Å²) in [5.41, 5.74) is 12.7. The lowest BCUT2D eigenvalue weighted by atomic mass is 9.97. The molecule has 0 aliphatic rings. The summed E-state index contributed by atoms with van der Waals surface area (Å²) >= 11 is 0. The van der Waals surface area contributed by atoms with E-state index in [0.29, 0.717) is 40.9 Å². The van der Waals surface area contributed by atoms with E-state index in [0.717, 1.165) is 19.3 Å². The van der Waals surface area contributed by atoms with Gasteiger partial charge in [0.2, 0.25) is 0 Å². The van der Waals surface area contributed by atoms with Gasteiger partial charge in [-0.25, -0.2) is 0 Å². The summed E-state index contributed by atoms with van der Waals surface area (Å²) in [7, 11) is 0. The fourth-order valence-corrected chi connectivity index (χ4v) is 3.30. The molecule has 7 heteroatoms. The van der Waals surface area contributed by atoms with Gasteiger partial charge in [0.25, 0.3) is 0 Å². The first-order valence-electron chi connectivity index (χ1n) is 10.0. The molecule has 0 spiro atoms. The van der Waals surface area contributed by atoms with Gasteiger partial charge in [-0.3, -0.25) is 9.59 Å². The standard InChI is InChI=1S/C23H26N2O5/c1-3-5-7-20(26)29-14-8-9-15-19(12-14)30-18(6-4-2)21(15)22(27)13-10-16(24)23(28)17(25)11-13/h8-12,28H,3-7,24-25H2,1-2H3. The molecule has 0 amide bonds. The number of carbonyl (C=O) groups excluding carboxylic acids is 2. The number of fused-ring (bicyclic) bond motifs is 1. The van der Waals surface area contributed by atoms with Gasteiger partial charge in [-0.1, -0.05) is 20.3 Å². The number of nitrogen functional groups attached to an aromatic ring is 2. The van der Waals surface area contributed by atoms with E-state index in [1.165, 1.54) is 12.1 Å². The van der Waals surface area contributed by atoms with Crippen LogP contribution in [0.4, 0.5) is 11.4 Å². The second-order valence-corrected chi connectivity index (χ2v) is 7.22. The molecule has 0 bridgehead atoms. The largest absolute Gasteiger partial charge is 0.504 e. The maximum absolute atomic E-state index is 13.3. The van der Waals surface area contributed by atoms with Crippen molar-refractivity contribution in [1.29, 1.82) is 0 Å². The van der Waals surface area contributed by atoms with Gasteiger partial charge < -0.3 is 25.7 Å². The van der Waals surface area contributed by atoms with Gasteiger partial charge in [-0.2, -0.15) is 0 Å². The SMILES string of the molecule is CCCCC(=O)Oc1ccc2c(C(=O)c3cc(N)c(O)c(N)c3)c(CCC)oc2c1. The third-order valence-corrected chi connectivity index (χ3v) is 4.84. The minimum atomic E-state index is -0.303. The zero-order chi connectivity index (χ0) is 21.8. The Labute approximate surface area is 174 Å². The number of ketones is 1. The highest BCUT2D eigenvalue weighted by Gasteiger charge is 2.23. The molecule has 0 radical (unpaired) electrons. The Kier molecular flexibility index (Phi) is 6.30. The number of carbonyl (C=O) groups is 2. The summed E-state index contributed by atoms with van der Waals surface area (Å²) in [5, 5.41) is 10.4. The first kappa shape index (κ1) is 21.2. The molecule has 0 fully saturated rings. The Morgan fingerprint density at radius 2 is 1.77 bits per heavy atom. The zero-order valence-electron chi connectivity index (χ0n) is 17.2. The number of unbranched alkanes of at least 4 members (excludes halogenated alkanes) is 1. The molecule has 3 aromatic rings. The summed E-state index contributed by atoms with van der Waals surface area (Å²) in [4.78, 5) is 25.2. The van der Waals surface area contributed by atoms with E-state index in [4.69, 9.17) is 20.6 Å². The number of hydrogen-bond donors (Lipinski definition) is 3. The van der Waals surface area contributed by atoms with Crippen LogP contribution < -0.4 is 16.2 Å². The third-order valence-electron chi connectivity index (χ3n) is 4.84. The molecule has 5 N–H and O–H groups in total. The maximum atomic E-state index is 13.3. The number of esters is 1. The fraction of sp³-hybridized carbons (Fsp3) is 0.304. The number of furan rings is 1. The van der Waals surface area contributed by atoms with Gasteiger partial charge in [0, 0.05) is 29.9 Å². The minimum Gasteiger partial charge on any atom is -0.504 e. The van der Waals surface area contributed by atoms with Crippen LogP contribution >= 0.6 is 0 Å². The molecule has 1 aromatic heterocycles. The quantitative estimate of drug-likeness (QED) is 0.163. The molecule has 3 rings (SSSR count). The summed E-state index contributed by atoms with van der Waals surface area (Å²) < 4.78 is 11.3. The number of aryl methyl sites for hydroxylation is 1. The topological polar surface area (TPSA) is 129 Å². The van der Waals surface area contributed by atoms with Gasteiger partial charge in [-0.05, 0) is 37.1 Å². The number of ether oxygens (including phenoxy) is 1. The summed E-state index contributed by atoms with van der Waals surface area (Å²) in [6.07, 6.45) is 3.36. The number of rotatable bonds is 8. The fourth-order valence-electron chi connectivity index (χ4n) is 3.30. The van der Waals surface area contributed by atoms with Crippen LogP contribution in [-0.4, -0.2) is 16.9 Å². The monoisotopic (exact) mass is 410 g/mol. The summed E-state index contributed by atoms with van der Waals surface area (Å²) in [6.45, 7) is 3.99. The number of hydrogen-bond acceptors (Lipinski definition) is 7. The van der Waals surface area contributed by atoms with Crippen molar-refractivity contribution in [3.63, 3.8) is 0 Å². The number of anilines is 2. The molecular weight excluding hydrogens is 384 g/mol. The molecular formula is C23H26N2O5. The summed E-state index contributed by atoms with van der Waals surface area (Å²) in [6, 6.07) is 7.77. The molecule has 158 valence electrons. The lowest BCUT2D eigenvalue weighted by molar-refractivity contribution is -0.134. The number of phenols is 1. The number of aromatic hydroxyl groups is 1. The Balaban J connectivity index is 2.02. The predicted molar refractivity (Wildman–Crippen MR) is 116 cm³/mol. The number of benzene rings is 2. The van der Waals surface area contributed by atoms with Crippen molar-refractivity contribution in [1.82, 2.24) is 0 Å². The van der Waals surface area contributed by atoms with E-state index in [1.807, 2.05) is 13.8 Å². The van der Waals surface area contributed by atoms with Crippen molar-refractivity contribution in [2.24, 2.45) is 0 Å². The number of nitrogens with two attached hydrogens (primary N) is 2. The van der Waals surface area contributed by atoms with E-state index in [9.17, 15) is 14.7 Å². The molecule has 0 saturated heterocycles. The second kappa shape index (κ2) is 8.90. The Bertz CT molecular complexity index is 1080. The van der Waals surface area contributed by atoms with E-state index < -0.39 is 0 Å². The highest BCUT2D eigenvalue weighted by Crippen LogP contribution is 2.34. The molecule has 0 aliphatic heterocycles. The highest BCUT2D eigenvalue weighted by molar-refractivity contribution is 6.17. The third kappa shape index (κ3) is 4.25. The molecule has 0 unspecified atom stereocenters. The van der Waals surface area contributed by atoms with Crippen molar-refractivity contribution < 1.29 is 23.8 Å². The molecule has 0 saturated carbocycles. The Hall–Kier alpha value is -3.48. The second-order valence-electron chi connectivity index (χ2n) is 7.22. The van der Waals surface area contributed by atoms with Crippen LogP contribution in [0.3, 0.4) is 0 Å². The minimum absolute atomic E-state index is 0.0319. The van der Waals surface area contributed by atoms with E-state index in [1.54, 1.807) is 18.2 Å². The van der Waals surface area contributed by atoms with Crippen LogP contribution in [0.25, 0.3) is 11.0 Å². The first-order chi connectivity index (χ1) is 14.3. The van der Waals surface area contributed by atoms with Gasteiger partial charge >= 0.3 is 5.97 Å². The summed E-state index contributed by atoms with van der Waals surface area (Å²) in [5.74, 6) is 0.0628. The molecule has 30 heavy (non-hydrogen) atoms. The van der Waals surface area contributed by atoms with E-state index >= 15 is 0 Å². The zero-order valence-corrected chi connectivity index (χ0v) is 17.2. The molecule has 2 aromatic carbocycles. The number of phenolic OH excluding ortho intramolecular Hbond substituents is 1. The van der Waals surface area contributed by atoms with Crippen molar-refractivity contribution in [2.45, 2.75) is 46.0 Å². The van der Waals surface area contributed by atoms with Crippen LogP contribution in [0.15, 0.2) is 34.7 Å². The van der Waals surface area contributed by atoms with Crippen molar-refractivity contribution >= 4 is 34.1 Å². The smallest absolute Gasteiger partial charge is 0.311 e. The highest BCUT2D eigenvalue weighted by atomic mass is 16.5. The first-order valence-corrected chi connectivity index (χ1v) is 10.0. The van der Waals surface area contributed by atoms with Crippen molar-refractivity contribution in [2.75, 3.05) is 11.5 Å². The molecule has 0 aliphatic carbocycles. The van der Waals surface area contributed by atoms with E-state index in [2.05, 4.69) is 0 Å². The van der Waals surface area contributed by atoms with Crippen LogP contribution in [0.2, 0.25) is 0 Å². The average Bonchev–Trinajstić information content (AvgIpc) is 3.06. The van der Waals surface area contributed by atoms with Crippen molar-refractivity contribution in [3.05, 3.63) is 47.2 Å². The maximum Gasteiger partial charge on any atom is 0.311 e. The van der Waals surface area contributed by atoms with Gasteiger partial charge in [0.15, 0.2) is 11.5 Å². The van der Waals surface area contributed by atoms with Gasteiger partial charge in [-0.15, -0.1) is 0 Å². The van der Waals surface area contributed by atoms with Crippen LogP contribution in [0.1, 0.15) is 61.2 Å². The predicted octanol–water partition coefficient (Wildman–Crippen LogP) is 4.58. The lowest BCUT2D eigenvalue weighted by Gasteiger charge is -2.07. The lowest BCUT2D eigenvalue weighted by Crippen LogP contribution is -2.07. The average molecular weight is 410 g/mol. The van der Waals surface area contributed by atoms with Crippen LogP contribution in [0.5, 0.6) is 11.5 Å². The van der Waals surface area contributed by atoms with Crippen LogP contribution in [0, 0.1) is 0 Å².